The number of carbonyl (C=O) groups excluding carboxylic acids is 2. The highest BCUT2D eigenvalue weighted by molar-refractivity contribution is 8.00. The lowest BCUT2D eigenvalue weighted by atomic mass is 10.1. The van der Waals surface area contributed by atoms with Crippen molar-refractivity contribution in [1.29, 1.82) is 0 Å². The van der Waals surface area contributed by atoms with Crippen LogP contribution in [0, 0.1) is 13.8 Å². The number of anilines is 1. The van der Waals surface area contributed by atoms with Crippen LogP contribution in [-0.4, -0.2) is 29.4 Å². The molecule has 0 aliphatic carbocycles. The number of thioether (sulfide) groups is 1. The molecule has 0 unspecified atom stereocenters. The zero-order chi connectivity index (χ0) is 13.8. The van der Waals surface area contributed by atoms with E-state index >= 15 is 0 Å². The van der Waals surface area contributed by atoms with Gasteiger partial charge in [-0.05, 0) is 25.5 Å². The van der Waals surface area contributed by atoms with Gasteiger partial charge < -0.3 is 10.6 Å². The van der Waals surface area contributed by atoms with Crippen molar-refractivity contribution in [3.63, 3.8) is 0 Å². The second kappa shape index (κ2) is 6.10. The van der Waals surface area contributed by atoms with Gasteiger partial charge in [0.15, 0.2) is 0 Å². The Bertz CT molecular complexity index is 502. The zero-order valence-electron chi connectivity index (χ0n) is 11.2. The summed E-state index contributed by atoms with van der Waals surface area (Å²) in [6.07, 6.45) is 0.226. The molecule has 1 aliphatic rings. The quantitative estimate of drug-likeness (QED) is 0.887. The second-order valence-electron chi connectivity index (χ2n) is 4.72. The van der Waals surface area contributed by atoms with E-state index in [1.807, 2.05) is 32.0 Å². The number of hydrogen-bond acceptors (Lipinski definition) is 3. The summed E-state index contributed by atoms with van der Waals surface area (Å²) in [5, 5.41) is 5.39. The molecule has 1 fully saturated rings. The Kier molecular flexibility index (Phi) is 4.47. The lowest BCUT2D eigenvalue weighted by molar-refractivity contribution is -0.123. The van der Waals surface area contributed by atoms with Gasteiger partial charge >= 0.3 is 0 Å². The highest BCUT2D eigenvalue weighted by Gasteiger charge is 2.25. The lowest BCUT2D eigenvalue weighted by Gasteiger charge is -2.21. The Morgan fingerprint density at radius 1 is 1.47 bits per heavy atom. The fraction of sp³-hybridized carbons (Fsp3) is 0.429. The number of nitrogens with one attached hydrogen (secondary N) is 2. The summed E-state index contributed by atoms with van der Waals surface area (Å²) in [6, 6.07) is 5.89. The van der Waals surface area contributed by atoms with E-state index in [0.29, 0.717) is 6.54 Å². The summed E-state index contributed by atoms with van der Waals surface area (Å²) in [4.78, 5) is 23.5. The molecule has 0 radical (unpaired) electrons. The molecule has 1 atom stereocenters. The van der Waals surface area contributed by atoms with Gasteiger partial charge in [0.05, 0.1) is 5.25 Å². The van der Waals surface area contributed by atoms with Crippen molar-refractivity contribution in [3.8, 4) is 0 Å². The molecule has 2 rings (SSSR count). The Morgan fingerprint density at radius 2 is 2.26 bits per heavy atom. The summed E-state index contributed by atoms with van der Waals surface area (Å²) in [7, 11) is 0. The van der Waals surface area contributed by atoms with Crippen molar-refractivity contribution in [2.75, 3.05) is 17.6 Å². The summed E-state index contributed by atoms with van der Waals surface area (Å²) in [5.74, 6) is 0.723. The average Bonchev–Trinajstić information content (AvgIpc) is 2.36. The summed E-state index contributed by atoms with van der Waals surface area (Å²) in [5.41, 5.74) is 3.02. The molecule has 0 saturated carbocycles. The molecule has 4 nitrogen and oxygen atoms in total. The number of rotatable bonds is 3. The third kappa shape index (κ3) is 3.73. The average molecular weight is 278 g/mol. The highest BCUT2D eigenvalue weighted by Crippen LogP contribution is 2.20. The molecule has 19 heavy (non-hydrogen) atoms. The van der Waals surface area contributed by atoms with Crippen LogP contribution in [0.3, 0.4) is 0 Å². The number of carbonyl (C=O) groups is 2. The molecule has 0 spiro atoms. The molecule has 0 aromatic heterocycles. The molecule has 2 N–H and O–H groups in total. The van der Waals surface area contributed by atoms with Crippen LogP contribution in [0.5, 0.6) is 0 Å². The van der Waals surface area contributed by atoms with E-state index in [-0.39, 0.29) is 23.5 Å². The van der Waals surface area contributed by atoms with Gasteiger partial charge in [-0.25, -0.2) is 0 Å². The van der Waals surface area contributed by atoms with Crippen molar-refractivity contribution in [1.82, 2.24) is 5.32 Å². The maximum Gasteiger partial charge on any atom is 0.233 e. The van der Waals surface area contributed by atoms with E-state index in [4.69, 9.17) is 0 Å². The van der Waals surface area contributed by atoms with E-state index in [9.17, 15) is 9.59 Å². The van der Waals surface area contributed by atoms with E-state index < -0.39 is 0 Å². The smallest absolute Gasteiger partial charge is 0.233 e. The van der Waals surface area contributed by atoms with Crippen molar-refractivity contribution in [2.45, 2.75) is 25.5 Å². The Hall–Kier alpha value is -1.49. The summed E-state index contributed by atoms with van der Waals surface area (Å²) >= 11 is 1.54. The fourth-order valence-electron chi connectivity index (χ4n) is 2.04. The van der Waals surface area contributed by atoms with Crippen molar-refractivity contribution in [3.05, 3.63) is 29.3 Å². The molecule has 2 amide bonds. The van der Waals surface area contributed by atoms with Gasteiger partial charge in [0, 0.05) is 24.4 Å². The van der Waals surface area contributed by atoms with Crippen molar-refractivity contribution >= 4 is 29.3 Å². The van der Waals surface area contributed by atoms with E-state index in [0.717, 1.165) is 22.6 Å². The number of aryl methyl sites for hydroxylation is 2. The predicted octanol–water partition coefficient (Wildman–Crippen LogP) is 1.86. The Morgan fingerprint density at radius 3 is 2.95 bits per heavy atom. The van der Waals surface area contributed by atoms with Crippen LogP contribution in [0.1, 0.15) is 17.5 Å². The molecule has 1 heterocycles. The van der Waals surface area contributed by atoms with Crippen LogP contribution in [0.15, 0.2) is 18.2 Å². The second-order valence-corrected chi connectivity index (χ2v) is 6.03. The molecule has 1 aliphatic heterocycles. The van der Waals surface area contributed by atoms with Crippen LogP contribution < -0.4 is 10.6 Å². The monoisotopic (exact) mass is 278 g/mol. The standard InChI is InChI=1S/C14H18N2O2S/c1-9-3-4-11(10(2)7-9)16-13(17)8-12-14(18)15-5-6-19-12/h3-4,7,12H,5-6,8H2,1-2H3,(H,15,18)(H,16,17)/t12-/m1/s1. The van der Waals surface area contributed by atoms with Gasteiger partial charge in [-0.3, -0.25) is 9.59 Å². The van der Waals surface area contributed by atoms with Gasteiger partial charge in [-0.1, -0.05) is 17.7 Å². The lowest BCUT2D eigenvalue weighted by Crippen LogP contribution is -2.40. The molecule has 1 aromatic rings. The molecule has 1 saturated heterocycles. The topological polar surface area (TPSA) is 58.2 Å². The Balaban J connectivity index is 1.95. The first-order valence-electron chi connectivity index (χ1n) is 6.32. The number of benzene rings is 1. The molecule has 102 valence electrons. The summed E-state index contributed by atoms with van der Waals surface area (Å²) in [6.45, 7) is 4.67. The van der Waals surface area contributed by atoms with E-state index in [1.54, 1.807) is 11.8 Å². The highest BCUT2D eigenvalue weighted by atomic mass is 32.2. The molecular weight excluding hydrogens is 260 g/mol. The SMILES string of the molecule is Cc1ccc(NC(=O)C[C@H]2SCCNC2=O)c(C)c1. The number of amides is 2. The first-order chi connectivity index (χ1) is 9.06. The van der Waals surface area contributed by atoms with Crippen molar-refractivity contribution in [2.24, 2.45) is 0 Å². The third-order valence-corrected chi connectivity index (χ3v) is 4.26. The van der Waals surface area contributed by atoms with Gasteiger partial charge in [-0.15, -0.1) is 11.8 Å². The zero-order valence-corrected chi connectivity index (χ0v) is 12.0. The minimum absolute atomic E-state index is 0.0352. The van der Waals surface area contributed by atoms with Gasteiger partial charge in [-0.2, -0.15) is 0 Å². The van der Waals surface area contributed by atoms with E-state index in [1.165, 1.54) is 0 Å². The fourth-order valence-corrected chi connectivity index (χ4v) is 3.05. The minimum Gasteiger partial charge on any atom is -0.354 e. The first kappa shape index (κ1) is 13.9. The maximum absolute atomic E-state index is 12.0. The minimum atomic E-state index is -0.264. The van der Waals surface area contributed by atoms with Crippen LogP contribution >= 0.6 is 11.8 Å². The Labute approximate surface area is 117 Å². The van der Waals surface area contributed by atoms with Crippen LogP contribution in [-0.2, 0) is 9.59 Å². The molecular formula is C14H18N2O2S. The molecule has 1 aromatic carbocycles. The first-order valence-corrected chi connectivity index (χ1v) is 7.37. The maximum atomic E-state index is 12.0. The van der Waals surface area contributed by atoms with Crippen LogP contribution in [0.4, 0.5) is 5.69 Å². The largest absolute Gasteiger partial charge is 0.354 e. The van der Waals surface area contributed by atoms with Crippen molar-refractivity contribution < 1.29 is 9.59 Å². The normalized spacial score (nSPS) is 18.8. The molecule has 5 heteroatoms. The van der Waals surface area contributed by atoms with E-state index in [2.05, 4.69) is 10.6 Å². The van der Waals surface area contributed by atoms with Gasteiger partial charge in [0.2, 0.25) is 11.8 Å². The predicted molar refractivity (Wildman–Crippen MR) is 78.4 cm³/mol. The third-order valence-electron chi connectivity index (χ3n) is 3.04. The van der Waals surface area contributed by atoms with Gasteiger partial charge in [0.1, 0.15) is 0 Å². The summed E-state index contributed by atoms with van der Waals surface area (Å²) < 4.78 is 0. The molecule has 0 bridgehead atoms. The van der Waals surface area contributed by atoms with Crippen LogP contribution in [0.2, 0.25) is 0 Å². The van der Waals surface area contributed by atoms with Crippen LogP contribution in [0.25, 0.3) is 0 Å². The number of hydrogen-bond donors (Lipinski definition) is 2. The van der Waals surface area contributed by atoms with Gasteiger partial charge in [0.25, 0.3) is 0 Å².